The Morgan fingerprint density at radius 1 is 1.12 bits per heavy atom. The van der Waals surface area contributed by atoms with Crippen molar-refractivity contribution in [1.82, 2.24) is 9.80 Å². The van der Waals surface area contributed by atoms with Crippen molar-refractivity contribution in [3.05, 3.63) is 52.2 Å². The molecule has 1 N–H and O–H groups in total. The fourth-order valence-electron chi connectivity index (χ4n) is 6.26. The normalized spacial score (nSPS) is 25.7. The van der Waals surface area contributed by atoms with Crippen molar-refractivity contribution in [1.29, 1.82) is 0 Å². The van der Waals surface area contributed by atoms with Crippen molar-refractivity contribution in [3.63, 3.8) is 0 Å². The van der Waals surface area contributed by atoms with Gasteiger partial charge in [-0.2, -0.15) is 0 Å². The number of carbonyl (C=O) groups excluding carboxylic acids is 1. The molecular weight excluding hydrogens is 432 g/mol. The van der Waals surface area contributed by atoms with Gasteiger partial charge in [-0.15, -0.1) is 11.3 Å². The van der Waals surface area contributed by atoms with E-state index in [1.807, 2.05) is 17.5 Å². The van der Waals surface area contributed by atoms with Crippen molar-refractivity contribution in [2.24, 2.45) is 0 Å². The van der Waals surface area contributed by atoms with Gasteiger partial charge in [0.05, 0.1) is 17.9 Å². The van der Waals surface area contributed by atoms with E-state index in [9.17, 15) is 9.90 Å². The zero-order chi connectivity index (χ0) is 22.8. The van der Waals surface area contributed by atoms with E-state index in [1.54, 1.807) is 18.4 Å². The molecule has 1 amide bonds. The summed E-state index contributed by atoms with van der Waals surface area (Å²) < 4.78 is 5.46. The number of hydrogen-bond acceptors (Lipinski definition) is 5. The Bertz CT molecular complexity index is 922. The number of methoxy groups -OCH3 is 1. The van der Waals surface area contributed by atoms with Crippen LogP contribution in [-0.2, 0) is 10.4 Å². The number of fused-ring (bicyclic) bond motifs is 2. The summed E-state index contributed by atoms with van der Waals surface area (Å²) in [5, 5.41) is 13.3. The minimum Gasteiger partial charge on any atom is -0.495 e. The maximum Gasteiger partial charge on any atom is 0.230 e. The van der Waals surface area contributed by atoms with E-state index in [0.717, 1.165) is 42.2 Å². The minimum atomic E-state index is -0.808. The second-order valence-electron chi connectivity index (χ2n) is 10.0. The van der Waals surface area contributed by atoms with Crippen molar-refractivity contribution in [2.75, 3.05) is 26.7 Å². The highest BCUT2D eigenvalue weighted by Crippen LogP contribution is 2.42. The summed E-state index contributed by atoms with van der Waals surface area (Å²) in [6.07, 6.45) is 8.18. The van der Waals surface area contributed by atoms with Crippen molar-refractivity contribution >= 4 is 17.2 Å². The Morgan fingerprint density at radius 2 is 1.82 bits per heavy atom. The lowest BCUT2D eigenvalue weighted by Gasteiger charge is -2.39. The number of carbonyl (C=O) groups is 1. The van der Waals surface area contributed by atoms with Crippen LogP contribution in [-0.4, -0.2) is 59.6 Å². The number of benzene rings is 1. The Morgan fingerprint density at radius 3 is 2.48 bits per heavy atom. The maximum absolute atomic E-state index is 13.8. The standard InChI is InChI=1S/C27H36N2O3S/c1-32-24-13-19-33-25(24)27(31)14-17-28(18-15-27)16-12-23(20-6-3-2-4-7-20)26(30)29-21-8-5-9-22(29)11-10-21/h2-4,6-7,13,19,21-23,31H,5,8-12,14-18H2,1H3/t21?,22?,23-/m1/s1. The van der Waals surface area contributed by atoms with Gasteiger partial charge in [0.15, 0.2) is 0 Å². The average Bonchev–Trinajstić information content (AvgIpc) is 3.43. The number of rotatable bonds is 7. The van der Waals surface area contributed by atoms with Gasteiger partial charge in [-0.3, -0.25) is 4.79 Å². The summed E-state index contributed by atoms with van der Waals surface area (Å²) in [4.78, 5) is 19.4. The Labute approximate surface area is 201 Å². The Hall–Kier alpha value is -1.89. The van der Waals surface area contributed by atoms with Gasteiger partial charge in [0.2, 0.25) is 5.91 Å². The number of likely N-dealkylation sites (tertiary alicyclic amines) is 1. The summed E-state index contributed by atoms with van der Waals surface area (Å²) in [5.41, 5.74) is 0.335. The van der Waals surface area contributed by atoms with Crippen LogP contribution in [0.1, 0.15) is 67.7 Å². The molecule has 6 heteroatoms. The molecule has 3 saturated heterocycles. The topological polar surface area (TPSA) is 53.0 Å². The number of aliphatic hydroxyl groups is 1. The fraction of sp³-hybridized carbons (Fsp3) is 0.593. The average molecular weight is 469 g/mol. The van der Waals surface area contributed by atoms with Crippen LogP contribution < -0.4 is 4.74 Å². The quantitative estimate of drug-likeness (QED) is 0.637. The molecule has 3 atom stereocenters. The third-order valence-electron chi connectivity index (χ3n) is 8.14. The molecule has 3 aliphatic heterocycles. The highest BCUT2D eigenvalue weighted by atomic mass is 32.1. The van der Waals surface area contributed by atoms with E-state index < -0.39 is 5.60 Å². The Kier molecular flexibility index (Phi) is 6.77. The van der Waals surface area contributed by atoms with Gasteiger partial charge in [0, 0.05) is 25.2 Å². The summed E-state index contributed by atoms with van der Waals surface area (Å²) in [5.74, 6) is 1.05. The molecule has 4 heterocycles. The van der Waals surface area contributed by atoms with Gasteiger partial charge in [-0.25, -0.2) is 0 Å². The summed E-state index contributed by atoms with van der Waals surface area (Å²) in [6.45, 7) is 2.55. The molecule has 5 rings (SSSR count). The zero-order valence-corrected chi connectivity index (χ0v) is 20.4. The third kappa shape index (κ3) is 4.58. The van der Waals surface area contributed by atoms with E-state index in [-0.39, 0.29) is 5.92 Å². The maximum atomic E-state index is 13.8. The molecule has 2 unspecified atom stereocenters. The molecule has 5 nitrogen and oxygen atoms in total. The first-order valence-corrected chi connectivity index (χ1v) is 13.4. The second kappa shape index (κ2) is 9.77. The highest BCUT2D eigenvalue weighted by Gasteiger charge is 2.42. The summed E-state index contributed by atoms with van der Waals surface area (Å²) >= 11 is 1.58. The number of hydrogen-bond donors (Lipinski definition) is 1. The molecule has 2 aromatic rings. The number of ether oxygens (including phenoxy) is 1. The van der Waals surface area contributed by atoms with Gasteiger partial charge in [-0.05, 0) is 74.9 Å². The zero-order valence-electron chi connectivity index (χ0n) is 19.6. The van der Waals surface area contributed by atoms with Crippen LogP contribution in [0.2, 0.25) is 0 Å². The molecule has 0 spiro atoms. The SMILES string of the molecule is COc1ccsc1C1(O)CCN(CC[C@@H](C(=O)N2C3CCCC2CC3)c2ccccc2)CC1. The largest absolute Gasteiger partial charge is 0.495 e. The van der Waals surface area contributed by atoms with Crippen LogP contribution in [0.3, 0.4) is 0 Å². The third-order valence-corrected chi connectivity index (χ3v) is 9.23. The number of amides is 1. The molecule has 0 aliphatic carbocycles. The first kappa shape index (κ1) is 22.9. The predicted molar refractivity (Wildman–Crippen MR) is 132 cm³/mol. The second-order valence-corrected chi connectivity index (χ2v) is 10.9. The highest BCUT2D eigenvalue weighted by molar-refractivity contribution is 7.10. The number of nitrogens with zero attached hydrogens (tertiary/aromatic N) is 2. The van der Waals surface area contributed by atoms with E-state index >= 15 is 0 Å². The molecule has 178 valence electrons. The van der Waals surface area contributed by atoms with Crippen LogP contribution in [0, 0.1) is 0 Å². The molecule has 33 heavy (non-hydrogen) atoms. The lowest BCUT2D eigenvalue weighted by molar-refractivity contribution is -0.137. The van der Waals surface area contributed by atoms with Crippen LogP contribution in [0.4, 0.5) is 0 Å². The molecule has 3 fully saturated rings. The number of piperidine rings is 2. The molecular formula is C27H36N2O3S. The first-order valence-electron chi connectivity index (χ1n) is 12.5. The van der Waals surface area contributed by atoms with Crippen molar-refractivity contribution in [2.45, 2.75) is 75.0 Å². The predicted octanol–water partition coefficient (Wildman–Crippen LogP) is 4.76. The molecule has 1 aromatic heterocycles. The van der Waals surface area contributed by atoms with Crippen molar-refractivity contribution in [3.8, 4) is 5.75 Å². The number of thiophene rings is 1. The van der Waals surface area contributed by atoms with Gasteiger partial charge >= 0.3 is 0 Å². The molecule has 3 aliphatic rings. The lowest BCUT2D eigenvalue weighted by atomic mass is 9.88. The van der Waals surface area contributed by atoms with Gasteiger partial charge < -0.3 is 19.6 Å². The Balaban J connectivity index is 1.25. The van der Waals surface area contributed by atoms with Gasteiger partial charge in [0.25, 0.3) is 0 Å². The van der Waals surface area contributed by atoms with Crippen LogP contribution in [0.25, 0.3) is 0 Å². The van der Waals surface area contributed by atoms with E-state index in [2.05, 4.69) is 34.1 Å². The van der Waals surface area contributed by atoms with Crippen LogP contribution in [0.5, 0.6) is 5.75 Å². The molecule has 2 bridgehead atoms. The van der Waals surface area contributed by atoms with Crippen LogP contribution >= 0.6 is 11.3 Å². The summed E-state index contributed by atoms with van der Waals surface area (Å²) in [7, 11) is 1.67. The van der Waals surface area contributed by atoms with E-state index in [4.69, 9.17) is 4.74 Å². The molecule has 0 saturated carbocycles. The van der Waals surface area contributed by atoms with Crippen LogP contribution in [0.15, 0.2) is 41.8 Å². The smallest absolute Gasteiger partial charge is 0.230 e. The fourth-order valence-corrected chi connectivity index (χ4v) is 7.28. The summed E-state index contributed by atoms with van der Waals surface area (Å²) in [6, 6.07) is 13.2. The molecule has 0 radical (unpaired) electrons. The lowest BCUT2D eigenvalue weighted by Crippen LogP contribution is -2.47. The van der Waals surface area contributed by atoms with Gasteiger partial charge in [-0.1, -0.05) is 30.3 Å². The molecule has 1 aromatic carbocycles. The van der Waals surface area contributed by atoms with Gasteiger partial charge in [0.1, 0.15) is 11.4 Å². The first-order chi connectivity index (χ1) is 16.1. The van der Waals surface area contributed by atoms with E-state index in [1.165, 1.54) is 32.1 Å². The van der Waals surface area contributed by atoms with E-state index in [0.29, 0.717) is 30.8 Å². The van der Waals surface area contributed by atoms with Crippen molar-refractivity contribution < 1.29 is 14.6 Å². The minimum absolute atomic E-state index is 0.0781. The monoisotopic (exact) mass is 468 g/mol.